The van der Waals surface area contributed by atoms with Gasteiger partial charge in [0.15, 0.2) is 17.7 Å². The second kappa shape index (κ2) is 8.41. The summed E-state index contributed by atoms with van der Waals surface area (Å²) in [4.78, 5) is 24.5. The maximum absolute atomic E-state index is 11.9. The molecule has 170 valence electrons. The van der Waals surface area contributed by atoms with Gasteiger partial charge in [0, 0.05) is 35.6 Å². The molecule has 3 aromatic rings. The number of hydroxylamine groups is 2. The maximum atomic E-state index is 11.9. The van der Waals surface area contributed by atoms with Crippen LogP contribution in [0.3, 0.4) is 0 Å². The molecule has 2 aliphatic rings. The van der Waals surface area contributed by atoms with Crippen molar-refractivity contribution < 1.29 is 14.0 Å². The molecule has 0 radical (unpaired) electrons. The van der Waals surface area contributed by atoms with Crippen LogP contribution in [0.5, 0.6) is 0 Å². The number of fused-ring (bicyclic) bond motifs is 1. The summed E-state index contributed by atoms with van der Waals surface area (Å²) in [6.07, 6.45) is 3.57. The Bertz CT molecular complexity index is 1210. The molecular weight excluding hydrogens is 463 g/mol. The number of nitrogens with two attached hydrogens (primary N) is 1. The van der Waals surface area contributed by atoms with Crippen molar-refractivity contribution in [3.8, 4) is 11.1 Å². The van der Waals surface area contributed by atoms with E-state index in [0.717, 1.165) is 28.7 Å². The number of halogens is 2. The Hall–Kier alpha value is -3.00. The predicted octanol–water partition coefficient (Wildman–Crippen LogP) is 4.64. The highest BCUT2D eigenvalue weighted by atomic mass is 35.5. The second-order valence-corrected chi connectivity index (χ2v) is 9.00. The minimum atomic E-state index is -0.981. The largest absolute Gasteiger partial charge is 0.472 e. The first-order valence-corrected chi connectivity index (χ1v) is 11.3. The highest BCUT2D eigenvalue weighted by molar-refractivity contribution is 6.35. The average molecular weight is 485 g/mol. The number of furan rings is 1. The zero-order chi connectivity index (χ0) is 23.2. The molecule has 1 saturated heterocycles. The van der Waals surface area contributed by atoms with E-state index >= 15 is 0 Å². The molecule has 7 nitrogen and oxygen atoms in total. The minimum Gasteiger partial charge on any atom is -0.472 e. The topological polar surface area (TPSA) is 84.3 Å². The van der Waals surface area contributed by atoms with Crippen molar-refractivity contribution in [2.45, 2.75) is 25.0 Å². The van der Waals surface area contributed by atoms with E-state index in [-0.39, 0.29) is 0 Å². The van der Waals surface area contributed by atoms with E-state index in [1.165, 1.54) is 6.92 Å². The van der Waals surface area contributed by atoms with Crippen LogP contribution in [0.25, 0.3) is 11.1 Å². The van der Waals surface area contributed by atoms with Gasteiger partial charge in [-0.2, -0.15) is 0 Å². The lowest BCUT2D eigenvalue weighted by atomic mass is 9.80. The van der Waals surface area contributed by atoms with Gasteiger partial charge in [-0.3, -0.25) is 4.79 Å². The van der Waals surface area contributed by atoms with E-state index in [0.29, 0.717) is 29.1 Å². The highest BCUT2D eigenvalue weighted by Gasteiger charge is 2.56. The average Bonchev–Trinajstić information content (AvgIpc) is 3.41. The normalized spacial score (nSPS) is 22.7. The molecule has 5 rings (SSSR count). The number of aliphatic imine (C=N–C) groups is 1. The lowest BCUT2D eigenvalue weighted by molar-refractivity contribution is -0.226. The first-order valence-electron chi connectivity index (χ1n) is 10.6. The summed E-state index contributed by atoms with van der Waals surface area (Å²) in [6, 6.07) is 15.3. The molecule has 1 fully saturated rings. The van der Waals surface area contributed by atoms with Crippen LogP contribution in [-0.4, -0.2) is 41.1 Å². The summed E-state index contributed by atoms with van der Waals surface area (Å²) in [5.41, 5.74) is 8.92. The van der Waals surface area contributed by atoms with Crippen LogP contribution in [0, 0.1) is 0 Å². The van der Waals surface area contributed by atoms with E-state index in [1.807, 2.05) is 47.4 Å². The molecule has 0 amide bonds. The number of rotatable bonds is 4. The molecular formula is C24H22Cl2N4O3. The van der Waals surface area contributed by atoms with Gasteiger partial charge in [0.25, 0.3) is 0 Å². The number of carbonyl (C=O) groups excluding carboxylic acids is 1. The number of nitrogens with zero attached hydrogens (tertiary/aromatic N) is 3. The highest BCUT2D eigenvalue weighted by Crippen LogP contribution is 2.47. The fourth-order valence-corrected chi connectivity index (χ4v) is 5.29. The maximum Gasteiger partial charge on any atom is 0.322 e. The number of guanidine groups is 1. The van der Waals surface area contributed by atoms with Gasteiger partial charge in [-0.05, 0) is 53.4 Å². The van der Waals surface area contributed by atoms with Gasteiger partial charge in [-0.1, -0.05) is 41.4 Å². The zero-order valence-corrected chi connectivity index (χ0v) is 19.4. The van der Waals surface area contributed by atoms with Crippen LogP contribution in [-0.2, 0) is 15.2 Å². The van der Waals surface area contributed by atoms with Gasteiger partial charge in [0.05, 0.1) is 12.5 Å². The molecule has 9 heteroatoms. The molecule has 0 bridgehead atoms. The molecule has 2 atom stereocenters. The van der Waals surface area contributed by atoms with Crippen molar-refractivity contribution in [1.82, 2.24) is 9.96 Å². The monoisotopic (exact) mass is 484 g/mol. The Balaban J connectivity index is 1.70. The van der Waals surface area contributed by atoms with Gasteiger partial charge in [0.2, 0.25) is 0 Å². The fourth-order valence-electron chi connectivity index (χ4n) is 4.77. The van der Waals surface area contributed by atoms with Crippen molar-refractivity contribution in [3.05, 3.63) is 82.2 Å². The van der Waals surface area contributed by atoms with Crippen molar-refractivity contribution in [2.75, 3.05) is 13.1 Å². The first-order chi connectivity index (χ1) is 15.9. The molecule has 0 spiro atoms. The standard InChI is InChI=1S/C24H22Cl2N4O3/c1-15(31)33-30-8-3-7-29-22(30)24(28-23(29)27,19-6-9-32-14-19)18-5-2-4-16(10-18)17-11-20(25)13-21(26)12-17/h2,4-6,9-14,22H,3,7-8H2,1H3,(H2,27,28). The molecule has 33 heavy (non-hydrogen) atoms. The molecule has 0 aliphatic carbocycles. The summed E-state index contributed by atoms with van der Waals surface area (Å²) in [5, 5.41) is 2.77. The van der Waals surface area contributed by atoms with Crippen LogP contribution < -0.4 is 5.73 Å². The van der Waals surface area contributed by atoms with E-state index in [1.54, 1.807) is 23.7 Å². The fraction of sp³-hybridized carbons (Fsp3) is 0.250. The van der Waals surface area contributed by atoms with Gasteiger partial charge in [-0.15, -0.1) is 5.06 Å². The first kappa shape index (κ1) is 21.8. The summed E-state index contributed by atoms with van der Waals surface area (Å²) in [6.45, 7) is 2.65. The molecule has 1 aromatic heterocycles. The Labute approximate surface area is 201 Å². The summed E-state index contributed by atoms with van der Waals surface area (Å²) < 4.78 is 5.46. The quantitative estimate of drug-likeness (QED) is 0.580. The van der Waals surface area contributed by atoms with Crippen molar-refractivity contribution in [1.29, 1.82) is 0 Å². The van der Waals surface area contributed by atoms with E-state index < -0.39 is 17.7 Å². The van der Waals surface area contributed by atoms with Gasteiger partial charge >= 0.3 is 5.97 Å². The van der Waals surface area contributed by atoms with Crippen LogP contribution in [0.4, 0.5) is 0 Å². The molecule has 2 N–H and O–H groups in total. The SMILES string of the molecule is CC(=O)ON1CCCN2C(N)=NC(c3ccoc3)(c3cccc(-c4cc(Cl)cc(Cl)c4)c3)C12. The van der Waals surface area contributed by atoms with Crippen molar-refractivity contribution >= 4 is 35.1 Å². The lowest BCUT2D eigenvalue weighted by Crippen LogP contribution is -2.61. The van der Waals surface area contributed by atoms with Gasteiger partial charge in [0.1, 0.15) is 0 Å². The Morgan fingerprint density at radius 1 is 1.12 bits per heavy atom. The van der Waals surface area contributed by atoms with Crippen LogP contribution in [0.1, 0.15) is 24.5 Å². The smallest absolute Gasteiger partial charge is 0.322 e. The van der Waals surface area contributed by atoms with Gasteiger partial charge < -0.3 is 19.9 Å². The Morgan fingerprint density at radius 3 is 2.61 bits per heavy atom. The molecule has 0 saturated carbocycles. The van der Waals surface area contributed by atoms with Crippen molar-refractivity contribution in [2.24, 2.45) is 10.7 Å². The number of hydrogen-bond donors (Lipinski definition) is 1. The summed E-state index contributed by atoms with van der Waals surface area (Å²) >= 11 is 12.5. The van der Waals surface area contributed by atoms with Crippen molar-refractivity contribution in [3.63, 3.8) is 0 Å². The predicted molar refractivity (Wildman–Crippen MR) is 127 cm³/mol. The summed E-state index contributed by atoms with van der Waals surface area (Å²) in [5.74, 6) is -0.0139. The lowest BCUT2D eigenvalue weighted by Gasteiger charge is -2.45. The molecule has 2 unspecified atom stereocenters. The van der Waals surface area contributed by atoms with Crippen LogP contribution in [0.2, 0.25) is 10.0 Å². The van der Waals surface area contributed by atoms with Crippen LogP contribution >= 0.6 is 23.2 Å². The van der Waals surface area contributed by atoms with Gasteiger partial charge in [-0.25, -0.2) is 4.99 Å². The second-order valence-electron chi connectivity index (χ2n) is 8.13. The minimum absolute atomic E-state index is 0.384. The van der Waals surface area contributed by atoms with Crippen LogP contribution in [0.15, 0.2) is 70.5 Å². The molecule has 2 aliphatic heterocycles. The third kappa shape index (κ3) is 3.76. The third-order valence-electron chi connectivity index (χ3n) is 6.01. The molecule has 2 aromatic carbocycles. The van der Waals surface area contributed by atoms with E-state index in [4.69, 9.17) is 43.2 Å². The summed E-state index contributed by atoms with van der Waals surface area (Å²) in [7, 11) is 0. The third-order valence-corrected chi connectivity index (χ3v) is 6.45. The Morgan fingerprint density at radius 2 is 1.91 bits per heavy atom. The number of hydrogen-bond acceptors (Lipinski definition) is 7. The van der Waals surface area contributed by atoms with E-state index in [2.05, 4.69) is 0 Å². The number of carbonyl (C=O) groups is 1. The zero-order valence-electron chi connectivity index (χ0n) is 17.9. The molecule has 3 heterocycles. The number of benzene rings is 2. The Kier molecular flexibility index (Phi) is 5.56. The van der Waals surface area contributed by atoms with E-state index in [9.17, 15) is 4.79 Å².